The van der Waals surface area contributed by atoms with Gasteiger partial charge in [-0.25, -0.2) is 9.97 Å². The lowest BCUT2D eigenvalue weighted by Crippen LogP contribution is -2.32. The topological polar surface area (TPSA) is 58.0 Å². The van der Waals surface area contributed by atoms with Crippen molar-refractivity contribution in [2.45, 2.75) is 48.0 Å². The summed E-state index contributed by atoms with van der Waals surface area (Å²) in [6.07, 6.45) is 4.64. The van der Waals surface area contributed by atoms with Crippen molar-refractivity contribution in [3.05, 3.63) is 34.9 Å². The molecule has 1 atom stereocenters. The number of halogens is 1. The summed E-state index contributed by atoms with van der Waals surface area (Å²) in [5, 5.41) is 14.4. The minimum atomic E-state index is -0.773. The minimum absolute atomic E-state index is 0.0532. The minimum Gasteiger partial charge on any atom is -0.389 e. The average Bonchev–Trinajstić information content (AvgIpc) is 2.54. The van der Waals surface area contributed by atoms with Gasteiger partial charge in [0.1, 0.15) is 5.03 Å². The Balaban J connectivity index is 2.18. The first-order chi connectivity index (χ1) is 11.3. The summed E-state index contributed by atoms with van der Waals surface area (Å²) in [5.41, 5.74) is 0.172. The maximum atomic E-state index is 10.3. The summed E-state index contributed by atoms with van der Waals surface area (Å²) in [4.78, 5) is 10.1. The molecule has 130 valence electrons. The highest BCUT2D eigenvalue weighted by molar-refractivity contribution is 9.10. The van der Waals surface area contributed by atoms with Crippen LogP contribution >= 0.6 is 39.5 Å². The predicted octanol–water partition coefficient (Wildman–Crippen LogP) is 5.35. The van der Waals surface area contributed by atoms with Gasteiger partial charge < -0.3 is 10.4 Å². The Morgan fingerprint density at radius 1 is 1.29 bits per heavy atom. The molecule has 7 heteroatoms. The van der Waals surface area contributed by atoms with Crippen LogP contribution in [0, 0.1) is 0 Å². The number of rotatable bonds is 7. The van der Waals surface area contributed by atoms with Gasteiger partial charge in [-0.05, 0) is 66.7 Å². The Bertz CT molecular complexity index is 675. The van der Waals surface area contributed by atoms with Crippen LogP contribution in [0.1, 0.15) is 27.2 Å². The van der Waals surface area contributed by atoms with Crippen LogP contribution in [0.15, 0.2) is 44.9 Å². The molecule has 0 amide bonds. The van der Waals surface area contributed by atoms with Crippen LogP contribution in [0.5, 0.6) is 0 Å². The molecule has 2 aromatic rings. The molecular weight excluding hydrogens is 406 g/mol. The molecule has 0 aliphatic heterocycles. The van der Waals surface area contributed by atoms with E-state index in [9.17, 15) is 5.11 Å². The van der Waals surface area contributed by atoms with Gasteiger partial charge in [0, 0.05) is 22.0 Å². The number of anilines is 2. The van der Waals surface area contributed by atoms with E-state index in [4.69, 9.17) is 0 Å². The highest BCUT2D eigenvalue weighted by atomic mass is 79.9. The summed E-state index contributed by atoms with van der Waals surface area (Å²) in [7, 11) is 0. The maximum Gasteiger partial charge on any atom is 0.228 e. The van der Waals surface area contributed by atoms with E-state index in [0.29, 0.717) is 5.95 Å². The second-order valence-corrected chi connectivity index (χ2v) is 8.79. The zero-order valence-corrected chi connectivity index (χ0v) is 17.4. The SMILES string of the molecule is CCC(Sc1nc(Nc2ccc(SC)cc2)ncc1Br)C(C)(C)O. The predicted molar refractivity (Wildman–Crippen MR) is 107 cm³/mol. The summed E-state index contributed by atoms with van der Waals surface area (Å²) >= 11 is 6.77. The molecule has 1 unspecified atom stereocenters. The van der Waals surface area contributed by atoms with Gasteiger partial charge in [0.25, 0.3) is 0 Å². The fraction of sp³-hybridized carbons (Fsp3) is 0.412. The molecule has 0 aliphatic rings. The van der Waals surface area contributed by atoms with Gasteiger partial charge in [-0.3, -0.25) is 0 Å². The van der Waals surface area contributed by atoms with E-state index in [1.54, 1.807) is 29.7 Å². The molecule has 1 aromatic carbocycles. The zero-order chi connectivity index (χ0) is 17.7. The first-order valence-corrected chi connectivity index (χ1v) is 10.6. The fourth-order valence-electron chi connectivity index (χ4n) is 2.16. The largest absolute Gasteiger partial charge is 0.389 e. The summed E-state index contributed by atoms with van der Waals surface area (Å²) < 4.78 is 0.832. The molecule has 2 rings (SSSR count). The zero-order valence-electron chi connectivity index (χ0n) is 14.2. The fourth-order valence-corrected chi connectivity index (χ4v) is 4.07. The second kappa shape index (κ2) is 8.56. The van der Waals surface area contributed by atoms with Crippen molar-refractivity contribution in [3.63, 3.8) is 0 Å². The standard InChI is InChI=1S/C17H22BrN3OS2/c1-5-14(17(2,3)22)24-15-13(18)10-19-16(21-15)20-11-6-8-12(23-4)9-7-11/h6-10,14,22H,5H2,1-4H3,(H,19,20,21). The van der Waals surface area contributed by atoms with E-state index in [2.05, 4.69) is 56.5 Å². The van der Waals surface area contributed by atoms with Gasteiger partial charge in [0.15, 0.2) is 0 Å². The Hall–Kier alpha value is -0.760. The molecule has 0 saturated carbocycles. The molecule has 0 aliphatic carbocycles. The van der Waals surface area contributed by atoms with Gasteiger partial charge in [-0.1, -0.05) is 18.7 Å². The number of benzene rings is 1. The highest BCUT2D eigenvalue weighted by Crippen LogP contribution is 2.35. The summed E-state index contributed by atoms with van der Waals surface area (Å²) in [5.74, 6) is 0.545. The van der Waals surface area contributed by atoms with Gasteiger partial charge in [-0.15, -0.1) is 11.8 Å². The van der Waals surface area contributed by atoms with E-state index in [1.165, 1.54) is 4.90 Å². The first kappa shape index (κ1) is 19.6. The van der Waals surface area contributed by atoms with Crippen LogP contribution in [-0.2, 0) is 0 Å². The van der Waals surface area contributed by atoms with Crippen molar-refractivity contribution in [2.24, 2.45) is 0 Å². The Kier molecular flexibility index (Phi) is 6.98. The average molecular weight is 428 g/mol. The maximum absolute atomic E-state index is 10.3. The van der Waals surface area contributed by atoms with E-state index in [1.807, 2.05) is 26.0 Å². The van der Waals surface area contributed by atoms with Crippen LogP contribution < -0.4 is 5.32 Å². The number of nitrogens with one attached hydrogen (secondary N) is 1. The van der Waals surface area contributed by atoms with Crippen LogP contribution in [0.4, 0.5) is 11.6 Å². The Labute approximate surface area is 160 Å². The number of nitrogens with zero attached hydrogens (tertiary/aromatic N) is 2. The van der Waals surface area contributed by atoms with Crippen molar-refractivity contribution < 1.29 is 5.11 Å². The second-order valence-electron chi connectivity index (χ2n) is 5.87. The molecule has 4 nitrogen and oxygen atoms in total. The van der Waals surface area contributed by atoms with Crippen molar-refractivity contribution in [3.8, 4) is 0 Å². The summed E-state index contributed by atoms with van der Waals surface area (Å²) in [6, 6.07) is 8.14. The number of aromatic nitrogens is 2. The molecule has 0 fully saturated rings. The molecule has 24 heavy (non-hydrogen) atoms. The molecule has 2 N–H and O–H groups in total. The van der Waals surface area contributed by atoms with E-state index < -0.39 is 5.60 Å². The van der Waals surface area contributed by atoms with Gasteiger partial charge in [-0.2, -0.15) is 0 Å². The monoisotopic (exact) mass is 427 g/mol. The quantitative estimate of drug-likeness (QED) is 0.458. The third-order valence-corrected chi connectivity index (χ3v) is 6.79. The van der Waals surface area contributed by atoms with E-state index in [-0.39, 0.29) is 5.25 Å². The normalized spacial score (nSPS) is 12.9. The van der Waals surface area contributed by atoms with Gasteiger partial charge in [0.05, 0.1) is 10.1 Å². The molecule has 0 spiro atoms. The number of hydrogen-bond donors (Lipinski definition) is 2. The third kappa shape index (κ3) is 5.37. The van der Waals surface area contributed by atoms with Crippen molar-refractivity contribution in [1.29, 1.82) is 0 Å². The third-order valence-electron chi connectivity index (χ3n) is 3.47. The lowest BCUT2D eigenvalue weighted by atomic mass is 10.0. The highest BCUT2D eigenvalue weighted by Gasteiger charge is 2.27. The van der Waals surface area contributed by atoms with Crippen LogP contribution in [-0.4, -0.2) is 32.2 Å². The molecule has 1 aromatic heterocycles. The summed E-state index contributed by atoms with van der Waals surface area (Å²) in [6.45, 7) is 5.72. The Morgan fingerprint density at radius 2 is 1.96 bits per heavy atom. The Morgan fingerprint density at radius 3 is 2.50 bits per heavy atom. The van der Waals surface area contributed by atoms with Crippen LogP contribution in [0.2, 0.25) is 0 Å². The van der Waals surface area contributed by atoms with Crippen molar-refractivity contribution in [2.75, 3.05) is 11.6 Å². The smallest absolute Gasteiger partial charge is 0.228 e. The number of hydrogen-bond acceptors (Lipinski definition) is 6. The van der Waals surface area contributed by atoms with Crippen molar-refractivity contribution >= 4 is 51.1 Å². The first-order valence-electron chi connectivity index (χ1n) is 7.66. The number of aliphatic hydroxyl groups is 1. The molecule has 0 bridgehead atoms. The molecule has 0 saturated heterocycles. The lowest BCUT2D eigenvalue weighted by molar-refractivity contribution is 0.0766. The molecule has 1 heterocycles. The van der Waals surface area contributed by atoms with Gasteiger partial charge in [0.2, 0.25) is 5.95 Å². The lowest BCUT2D eigenvalue weighted by Gasteiger charge is -2.27. The number of thioether (sulfide) groups is 2. The van der Waals surface area contributed by atoms with Gasteiger partial charge >= 0.3 is 0 Å². The van der Waals surface area contributed by atoms with E-state index in [0.717, 1.165) is 21.6 Å². The van der Waals surface area contributed by atoms with Crippen LogP contribution in [0.3, 0.4) is 0 Å². The van der Waals surface area contributed by atoms with E-state index >= 15 is 0 Å². The van der Waals surface area contributed by atoms with Crippen LogP contribution in [0.25, 0.3) is 0 Å². The molecule has 0 radical (unpaired) electrons. The van der Waals surface area contributed by atoms with Crippen molar-refractivity contribution in [1.82, 2.24) is 9.97 Å². The molecular formula is C17H22BrN3OS2.